The summed E-state index contributed by atoms with van der Waals surface area (Å²) in [5, 5.41) is 13.2. The first-order chi connectivity index (χ1) is 13.0. The second kappa shape index (κ2) is 8.48. The van der Waals surface area contributed by atoms with Crippen molar-refractivity contribution in [3.8, 4) is 11.5 Å². The van der Waals surface area contributed by atoms with Crippen molar-refractivity contribution in [3.05, 3.63) is 63.5 Å². The Morgan fingerprint density at radius 3 is 2.63 bits per heavy atom. The number of ether oxygens (including phenoxy) is 2. The van der Waals surface area contributed by atoms with Gasteiger partial charge in [0.05, 0.1) is 11.5 Å². The number of rotatable bonds is 8. The van der Waals surface area contributed by atoms with E-state index in [0.717, 1.165) is 30.7 Å². The van der Waals surface area contributed by atoms with Crippen LogP contribution >= 0.6 is 0 Å². The van der Waals surface area contributed by atoms with E-state index in [1.54, 1.807) is 0 Å². The maximum absolute atomic E-state index is 13.5. The largest absolute Gasteiger partial charge is 0.492 e. The van der Waals surface area contributed by atoms with Gasteiger partial charge in [-0.1, -0.05) is 6.07 Å². The Bertz CT molecular complexity index is 856. The molecule has 1 aliphatic carbocycles. The number of benzene rings is 2. The smallest absolute Gasteiger partial charge is 0.305 e. The zero-order chi connectivity index (χ0) is 19.2. The van der Waals surface area contributed by atoms with Crippen LogP contribution in [0.15, 0.2) is 36.4 Å². The first kappa shape index (κ1) is 18.6. The standard InChI is InChI=1S/C19H19FN2O5/c20-17-11-16(6-7-18(17)22(24)25)27-12-19(23)21-8-9-26-15-5-4-13-2-1-3-14(13)10-15/h4-7,10-11H,1-3,8-9,12H2,(H,21,23). The van der Waals surface area contributed by atoms with Gasteiger partial charge in [0, 0.05) is 12.1 Å². The third-order valence-electron chi connectivity index (χ3n) is 4.25. The van der Waals surface area contributed by atoms with Crippen molar-refractivity contribution in [2.45, 2.75) is 19.3 Å². The lowest BCUT2D eigenvalue weighted by atomic mass is 10.1. The fourth-order valence-electron chi connectivity index (χ4n) is 2.92. The predicted molar refractivity (Wildman–Crippen MR) is 95.5 cm³/mol. The molecule has 0 radical (unpaired) electrons. The van der Waals surface area contributed by atoms with Crippen molar-refractivity contribution in [1.82, 2.24) is 5.32 Å². The summed E-state index contributed by atoms with van der Waals surface area (Å²) in [5.74, 6) is -0.586. The lowest BCUT2D eigenvalue weighted by Gasteiger charge is -2.10. The molecule has 0 fully saturated rings. The Labute approximate surface area is 155 Å². The number of carbonyl (C=O) groups is 1. The molecule has 0 heterocycles. The van der Waals surface area contributed by atoms with Gasteiger partial charge in [-0.15, -0.1) is 0 Å². The summed E-state index contributed by atoms with van der Waals surface area (Å²) in [6, 6.07) is 9.16. The van der Waals surface area contributed by atoms with E-state index in [1.165, 1.54) is 23.6 Å². The number of fused-ring (bicyclic) bond motifs is 1. The van der Waals surface area contributed by atoms with E-state index in [-0.39, 0.29) is 12.4 Å². The number of halogens is 1. The Balaban J connectivity index is 1.37. The average Bonchev–Trinajstić information content (AvgIpc) is 3.11. The number of hydrogen-bond donors (Lipinski definition) is 1. The number of nitro benzene ring substituents is 1. The van der Waals surface area contributed by atoms with Crippen molar-refractivity contribution in [2.75, 3.05) is 19.8 Å². The zero-order valence-electron chi connectivity index (χ0n) is 14.6. The van der Waals surface area contributed by atoms with Crippen LogP contribution in [-0.2, 0) is 17.6 Å². The van der Waals surface area contributed by atoms with E-state index in [9.17, 15) is 19.3 Å². The highest BCUT2D eigenvalue weighted by Crippen LogP contribution is 2.26. The van der Waals surface area contributed by atoms with Crippen LogP contribution in [0.1, 0.15) is 17.5 Å². The molecule has 3 rings (SSSR count). The number of nitrogens with one attached hydrogen (secondary N) is 1. The molecule has 0 saturated heterocycles. The Kier molecular flexibility index (Phi) is 5.85. The summed E-state index contributed by atoms with van der Waals surface area (Å²) in [5.41, 5.74) is 2.05. The van der Waals surface area contributed by atoms with E-state index >= 15 is 0 Å². The summed E-state index contributed by atoms with van der Waals surface area (Å²) in [7, 11) is 0. The highest BCUT2D eigenvalue weighted by molar-refractivity contribution is 5.77. The van der Waals surface area contributed by atoms with Gasteiger partial charge in [0.15, 0.2) is 6.61 Å². The molecule has 0 atom stereocenters. The highest BCUT2D eigenvalue weighted by atomic mass is 19.1. The molecule has 142 valence electrons. The van der Waals surface area contributed by atoms with Crippen LogP contribution in [0.4, 0.5) is 10.1 Å². The van der Waals surface area contributed by atoms with Crippen molar-refractivity contribution < 1.29 is 23.6 Å². The summed E-state index contributed by atoms with van der Waals surface area (Å²) in [6.07, 6.45) is 3.36. The lowest BCUT2D eigenvalue weighted by Crippen LogP contribution is -2.32. The van der Waals surface area contributed by atoms with E-state index in [2.05, 4.69) is 11.4 Å². The molecule has 0 aromatic heterocycles. The highest BCUT2D eigenvalue weighted by Gasteiger charge is 2.15. The molecule has 27 heavy (non-hydrogen) atoms. The molecule has 0 aliphatic heterocycles. The Morgan fingerprint density at radius 2 is 1.85 bits per heavy atom. The monoisotopic (exact) mass is 374 g/mol. The summed E-state index contributed by atoms with van der Waals surface area (Å²) in [4.78, 5) is 21.5. The third-order valence-corrected chi connectivity index (χ3v) is 4.25. The molecular formula is C19H19FN2O5. The molecule has 2 aromatic rings. The van der Waals surface area contributed by atoms with Crippen LogP contribution in [0, 0.1) is 15.9 Å². The van der Waals surface area contributed by atoms with Crippen LogP contribution in [0.3, 0.4) is 0 Å². The minimum absolute atomic E-state index is 0.0441. The second-order valence-electron chi connectivity index (χ2n) is 6.14. The first-order valence-electron chi connectivity index (χ1n) is 8.61. The average molecular weight is 374 g/mol. The number of carbonyl (C=O) groups excluding carboxylic acids is 1. The van der Waals surface area contributed by atoms with Gasteiger partial charge in [-0.3, -0.25) is 14.9 Å². The van der Waals surface area contributed by atoms with Crippen LogP contribution in [0.5, 0.6) is 11.5 Å². The molecule has 2 aromatic carbocycles. The molecule has 7 nitrogen and oxygen atoms in total. The van der Waals surface area contributed by atoms with Crippen LogP contribution in [0.2, 0.25) is 0 Å². The normalized spacial score (nSPS) is 12.3. The topological polar surface area (TPSA) is 90.7 Å². The molecule has 1 N–H and O–H groups in total. The van der Waals surface area contributed by atoms with Crippen molar-refractivity contribution in [3.63, 3.8) is 0 Å². The number of aryl methyl sites for hydroxylation is 2. The molecule has 0 unspecified atom stereocenters. The van der Waals surface area contributed by atoms with E-state index < -0.39 is 22.3 Å². The molecule has 0 spiro atoms. The first-order valence-corrected chi connectivity index (χ1v) is 8.61. The Morgan fingerprint density at radius 1 is 1.11 bits per heavy atom. The maximum atomic E-state index is 13.5. The zero-order valence-corrected chi connectivity index (χ0v) is 14.6. The van der Waals surface area contributed by atoms with Gasteiger partial charge in [0.2, 0.25) is 5.82 Å². The van der Waals surface area contributed by atoms with Crippen LogP contribution in [0.25, 0.3) is 0 Å². The van der Waals surface area contributed by atoms with Gasteiger partial charge in [0.1, 0.15) is 18.1 Å². The number of hydrogen-bond acceptors (Lipinski definition) is 5. The number of nitro groups is 1. The van der Waals surface area contributed by atoms with Crippen LogP contribution < -0.4 is 14.8 Å². The van der Waals surface area contributed by atoms with Gasteiger partial charge >= 0.3 is 5.69 Å². The van der Waals surface area contributed by atoms with E-state index in [0.29, 0.717) is 13.2 Å². The fraction of sp³-hybridized carbons (Fsp3) is 0.316. The second-order valence-corrected chi connectivity index (χ2v) is 6.14. The molecule has 1 amide bonds. The summed E-state index contributed by atoms with van der Waals surface area (Å²) < 4.78 is 24.2. The SMILES string of the molecule is O=C(COc1ccc([N+](=O)[O-])c(F)c1)NCCOc1ccc2c(c1)CCC2. The Hall–Kier alpha value is -3.16. The van der Waals surface area contributed by atoms with Crippen molar-refractivity contribution in [2.24, 2.45) is 0 Å². The molecular weight excluding hydrogens is 355 g/mol. The lowest BCUT2D eigenvalue weighted by molar-refractivity contribution is -0.387. The van der Waals surface area contributed by atoms with E-state index in [4.69, 9.17) is 9.47 Å². The minimum atomic E-state index is -1.01. The number of amides is 1. The molecule has 1 aliphatic rings. The summed E-state index contributed by atoms with van der Waals surface area (Å²) >= 11 is 0. The van der Waals surface area contributed by atoms with E-state index in [1.807, 2.05) is 12.1 Å². The van der Waals surface area contributed by atoms with Crippen molar-refractivity contribution >= 4 is 11.6 Å². The third kappa shape index (κ3) is 4.93. The van der Waals surface area contributed by atoms with Gasteiger partial charge in [-0.2, -0.15) is 4.39 Å². The van der Waals surface area contributed by atoms with Gasteiger partial charge in [0.25, 0.3) is 5.91 Å². The number of nitrogens with zero attached hydrogens (tertiary/aromatic N) is 1. The fourth-order valence-corrected chi connectivity index (χ4v) is 2.92. The quantitative estimate of drug-likeness (QED) is 0.436. The van der Waals surface area contributed by atoms with Crippen LogP contribution in [-0.4, -0.2) is 30.6 Å². The van der Waals surface area contributed by atoms with Gasteiger partial charge < -0.3 is 14.8 Å². The minimum Gasteiger partial charge on any atom is -0.492 e. The van der Waals surface area contributed by atoms with Gasteiger partial charge in [-0.25, -0.2) is 0 Å². The molecule has 8 heteroatoms. The summed E-state index contributed by atoms with van der Waals surface area (Å²) in [6.45, 7) is 0.292. The van der Waals surface area contributed by atoms with Gasteiger partial charge in [-0.05, 0) is 48.6 Å². The van der Waals surface area contributed by atoms with Crippen molar-refractivity contribution in [1.29, 1.82) is 0 Å². The maximum Gasteiger partial charge on any atom is 0.305 e. The molecule has 0 saturated carbocycles. The predicted octanol–water partition coefficient (Wildman–Crippen LogP) is 2.80. The molecule has 0 bridgehead atoms.